The Morgan fingerprint density at radius 1 is 1.04 bits per heavy atom. The molecule has 0 atom stereocenters. The number of nitro groups is 2. The van der Waals surface area contributed by atoms with Crippen LogP contribution < -0.4 is 14.8 Å². The van der Waals surface area contributed by atoms with Crippen LogP contribution in [0.1, 0.15) is 10.4 Å². The number of nitrogens with one attached hydrogen (secondary N) is 1. The van der Waals surface area contributed by atoms with Crippen molar-refractivity contribution < 1.29 is 24.1 Å². The van der Waals surface area contributed by atoms with Gasteiger partial charge in [0.2, 0.25) is 0 Å². The lowest BCUT2D eigenvalue weighted by atomic mass is 10.1. The molecule has 0 spiro atoms. The molecule has 10 nitrogen and oxygen atoms in total. The summed E-state index contributed by atoms with van der Waals surface area (Å²) in [4.78, 5) is 32.9. The Balaban J connectivity index is 2.42. The number of hydrogen-bond acceptors (Lipinski definition) is 7. The summed E-state index contributed by atoms with van der Waals surface area (Å²) >= 11 is 5.95. The second-order valence-electron chi connectivity index (χ2n) is 4.87. The average molecular weight is 382 g/mol. The van der Waals surface area contributed by atoms with Crippen molar-refractivity contribution in [1.29, 1.82) is 0 Å². The molecule has 0 saturated heterocycles. The second-order valence-corrected chi connectivity index (χ2v) is 5.27. The molecule has 2 rings (SSSR count). The zero-order chi connectivity index (χ0) is 19.4. The third kappa shape index (κ3) is 3.81. The van der Waals surface area contributed by atoms with E-state index in [-0.39, 0.29) is 16.3 Å². The molecule has 0 aliphatic carbocycles. The fourth-order valence-corrected chi connectivity index (χ4v) is 2.42. The monoisotopic (exact) mass is 381 g/mol. The average Bonchev–Trinajstić information content (AvgIpc) is 2.60. The topological polar surface area (TPSA) is 134 Å². The Morgan fingerprint density at radius 2 is 1.62 bits per heavy atom. The van der Waals surface area contributed by atoms with Crippen molar-refractivity contribution in [2.24, 2.45) is 0 Å². The zero-order valence-electron chi connectivity index (χ0n) is 13.5. The number of carbonyl (C=O) groups excluding carboxylic acids is 1. The van der Waals surface area contributed by atoms with Crippen LogP contribution in [-0.2, 0) is 0 Å². The molecule has 0 radical (unpaired) electrons. The predicted molar refractivity (Wildman–Crippen MR) is 92.3 cm³/mol. The molecule has 2 aromatic carbocycles. The van der Waals surface area contributed by atoms with E-state index in [0.29, 0.717) is 5.75 Å². The van der Waals surface area contributed by atoms with Gasteiger partial charge in [-0.05, 0) is 18.2 Å². The second kappa shape index (κ2) is 7.66. The zero-order valence-corrected chi connectivity index (χ0v) is 14.3. The minimum atomic E-state index is -0.842. The maximum absolute atomic E-state index is 12.3. The number of nitro benzene ring substituents is 2. The lowest BCUT2D eigenvalue weighted by molar-refractivity contribution is -0.395. The summed E-state index contributed by atoms with van der Waals surface area (Å²) in [5.74, 6) is -0.812. The molecule has 0 heterocycles. The molecule has 0 aliphatic rings. The number of hydrogen-bond donors (Lipinski definition) is 1. The molecule has 11 heteroatoms. The van der Waals surface area contributed by atoms with Gasteiger partial charge in [0.05, 0.1) is 34.8 Å². The van der Waals surface area contributed by atoms with Crippen LogP contribution in [0.25, 0.3) is 0 Å². The van der Waals surface area contributed by atoms with Crippen molar-refractivity contribution in [2.45, 2.75) is 0 Å². The quantitative estimate of drug-likeness (QED) is 0.598. The van der Waals surface area contributed by atoms with Crippen molar-refractivity contribution >= 4 is 34.6 Å². The van der Waals surface area contributed by atoms with Crippen molar-refractivity contribution in [2.75, 3.05) is 19.5 Å². The molecule has 0 saturated carbocycles. The van der Waals surface area contributed by atoms with Gasteiger partial charge >= 0.3 is 11.4 Å². The normalized spacial score (nSPS) is 10.1. The van der Waals surface area contributed by atoms with Gasteiger partial charge in [-0.1, -0.05) is 11.6 Å². The molecule has 0 aliphatic heterocycles. The summed E-state index contributed by atoms with van der Waals surface area (Å²) in [5, 5.41) is 24.8. The summed E-state index contributed by atoms with van der Waals surface area (Å²) in [6.07, 6.45) is 0. The highest BCUT2D eigenvalue weighted by molar-refractivity contribution is 6.32. The Bertz CT molecular complexity index is 866. The summed E-state index contributed by atoms with van der Waals surface area (Å²) in [6, 6.07) is 6.16. The molecule has 136 valence electrons. The van der Waals surface area contributed by atoms with E-state index in [4.69, 9.17) is 21.1 Å². The number of halogens is 1. The van der Waals surface area contributed by atoms with Crippen LogP contribution in [-0.4, -0.2) is 30.0 Å². The van der Waals surface area contributed by atoms with Crippen LogP contribution in [0, 0.1) is 20.2 Å². The van der Waals surface area contributed by atoms with E-state index < -0.39 is 32.9 Å². The fraction of sp³-hybridized carbons (Fsp3) is 0.133. The molecule has 2 aromatic rings. The van der Waals surface area contributed by atoms with Gasteiger partial charge in [0.15, 0.2) is 0 Å². The van der Waals surface area contributed by atoms with Crippen LogP contribution in [0.4, 0.5) is 17.1 Å². The minimum Gasteiger partial charge on any atom is -0.495 e. The van der Waals surface area contributed by atoms with Gasteiger partial charge in [0.25, 0.3) is 11.7 Å². The molecule has 1 N–H and O–H groups in total. The van der Waals surface area contributed by atoms with E-state index >= 15 is 0 Å². The van der Waals surface area contributed by atoms with Gasteiger partial charge in [-0.15, -0.1) is 0 Å². The van der Waals surface area contributed by atoms with E-state index in [2.05, 4.69) is 5.32 Å². The molecule has 0 fully saturated rings. The lowest BCUT2D eigenvalue weighted by Gasteiger charge is -2.09. The smallest absolute Gasteiger partial charge is 0.320 e. The minimum absolute atomic E-state index is 0.136. The fourth-order valence-electron chi connectivity index (χ4n) is 2.16. The van der Waals surface area contributed by atoms with E-state index in [9.17, 15) is 25.0 Å². The third-order valence-corrected chi connectivity index (χ3v) is 3.61. The SMILES string of the molecule is COc1ccc(C(=O)Nc2cc([N+](=O)[O-])c(OC)c([N+](=O)[O-])c2)cc1Cl. The largest absolute Gasteiger partial charge is 0.495 e. The maximum Gasteiger partial charge on any atom is 0.320 e. The summed E-state index contributed by atoms with van der Waals surface area (Å²) in [5.41, 5.74) is -1.30. The van der Waals surface area contributed by atoms with Crippen LogP contribution in [0.2, 0.25) is 5.02 Å². The predicted octanol–water partition coefficient (Wildman–Crippen LogP) is 3.43. The van der Waals surface area contributed by atoms with Crippen LogP contribution in [0.3, 0.4) is 0 Å². The number of carbonyl (C=O) groups is 1. The van der Waals surface area contributed by atoms with E-state index in [1.165, 1.54) is 25.3 Å². The van der Waals surface area contributed by atoms with Crippen molar-refractivity contribution in [3.63, 3.8) is 0 Å². The number of anilines is 1. The first kappa shape index (κ1) is 18.9. The lowest BCUT2D eigenvalue weighted by Crippen LogP contribution is -2.12. The van der Waals surface area contributed by atoms with E-state index in [1.807, 2.05) is 0 Å². The molecule has 0 bridgehead atoms. The summed E-state index contributed by atoms with van der Waals surface area (Å²) in [6.45, 7) is 0. The van der Waals surface area contributed by atoms with Gasteiger partial charge in [-0.3, -0.25) is 25.0 Å². The molecule has 0 aromatic heterocycles. The Hall–Kier alpha value is -3.40. The Morgan fingerprint density at radius 3 is 2.04 bits per heavy atom. The standard InChI is InChI=1S/C15H12ClN3O7/c1-25-13-4-3-8(5-10(13)16)15(20)17-9-6-11(18(21)22)14(26-2)12(7-9)19(23)24/h3-7H,1-2H3,(H,17,20). The van der Waals surface area contributed by atoms with Gasteiger partial charge in [0, 0.05) is 17.7 Å². The first-order chi connectivity index (χ1) is 12.3. The van der Waals surface area contributed by atoms with Gasteiger partial charge in [-0.2, -0.15) is 0 Å². The molecule has 1 amide bonds. The van der Waals surface area contributed by atoms with Gasteiger partial charge in [-0.25, -0.2) is 0 Å². The Labute approximate surface area is 151 Å². The van der Waals surface area contributed by atoms with Crippen LogP contribution >= 0.6 is 11.6 Å². The number of benzene rings is 2. The highest BCUT2D eigenvalue weighted by Crippen LogP contribution is 2.39. The molecule has 0 unspecified atom stereocenters. The number of ether oxygens (including phenoxy) is 2. The van der Waals surface area contributed by atoms with Gasteiger partial charge < -0.3 is 14.8 Å². The molecule has 26 heavy (non-hydrogen) atoms. The highest BCUT2D eigenvalue weighted by atomic mass is 35.5. The van der Waals surface area contributed by atoms with Crippen molar-refractivity contribution in [3.05, 3.63) is 61.1 Å². The van der Waals surface area contributed by atoms with Gasteiger partial charge in [0.1, 0.15) is 5.75 Å². The van der Waals surface area contributed by atoms with Crippen molar-refractivity contribution in [3.8, 4) is 11.5 Å². The summed E-state index contributed by atoms with van der Waals surface area (Å²) in [7, 11) is 2.49. The summed E-state index contributed by atoms with van der Waals surface area (Å²) < 4.78 is 9.74. The first-order valence-corrected chi connectivity index (χ1v) is 7.32. The third-order valence-electron chi connectivity index (χ3n) is 3.32. The first-order valence-electron chi connectivity index (χ1n) is 6.94. The number of amides is 1. The number of rotatable bonds is 6. The van der Waals surface area contributed by atoms with Crippen LogP contribution in [0.15, 0.2) is 30.3 Å². The van der Waals surface area contributed by atoms with E-state index in [0.717, 1.165) is 19.2 Å². The van der Waals surface area contributed by atoms with Crippen LogP contribution in [0.5, 0.6) is 11.5 Å². The molecular formula is C15H12ClN3O7. The maximum atomic E-state index is 12.3. The van der Waals surface area contributed by atoms with E-state index in [1.54, 1.807) is 0 Å². The Kier molecular flexibility index (Phi) is 5.58. The number of nitrogens with zero attached hydrogens (tertiary/aromatic N) is 2. The molecular weight excluding hydrogens is 370 g/mol. The highest BCUT2D eigenvalue weighted by Gasteiger charge is 2.28. The van der Waals surface area contributed by atoms with Crippen molar-refractivity contribution in [1.82, 2.24) is 0 Å². The number of methoxy groups -OCH3 is 2.